The van der Waals surface area contributed by atoms with Crippen LogP contribution in [0.3, 0.4) is 0 Å². The smallest absolute Gasteiger partial charge is 0.263 e. The van der Waals surface area contributed by atoms with Crippen molar-refractivity contribution in [1.82, 2.24) is 15.1 Å². The number of rotatable bonds is 3. The topological polar surface area (TPSA) is 46.9 Å². The maximum atomic E-state index is 11.8. The normalized spacial score (nSPS) is 16.2. The molecule has 1 aromatic carbocycles. The summed E-state index contributed by atoms with van der Waals surface area (Å²) in [7, 11) is 0. The summed E-state index contributed by atoms with van der Waals surface area (Å²) in [6.45, 7) is 4.51. The largest absolute Gasteiger partial charge is 0.307 e. The number of aromatic nitrogens is 2. The Balaban J connectivity index is 1.90. The van der Waals surface area contributed by atoms with Gasteiger partial charge in [0.2, 0.25) is 0 Å². The first-order valence-corrected chi connectivity index (χ1v) is 8.57. The molecule has 118 valence electrons. The number of hydrogen-bond donors (Lipinski definition) is 1. The summed E-state index contributed by atoms with van der Waals surface area (Å²) < 4.78 is 2.20. The van der Waals surface area contributed by atoms with Crippen molar-refractivity contribution >= 4 is 51.9 Å². The Hall–Kier alpha value is -1.63. The van der Waals surface area contributed by atoms with Gasteiger partial charge >= 0.3 is 0 Å². The summed E-state index contributed by atoms with van der Waals surface area (Å²) in [6.07, 6.45) is 1.75. The lowest BCUT2D eigenvalue weighted by Gasteiger charge is -2.04. The maximum Gasteiger partial charge on any atom is 0.263 e. The van der Waals surface area contributed by atoms with E-state index in [-0.39, 0.29) is 5.91 Å². The van der Waals surface area contributed by atoms with Gasteiger partial charge in [-0.15, -0.1) is 0 Å². The van der Waals surface area contributed by atoms with Gasteiger partial charge in [-0.25, -0.2) is 4.68 Å². The summed E-state index contributed by atoms with van der Waals surface area (Å²) in [6, 6.07) is 8.23. The zero-order chi connectivity index (χ0) is 16.6. The van der Waals surface area contributed by atoms with Crippen LogP contribution >= 0.6 is 35.6 Å². The summed E-state index contributed by atoms with van der Waals surface area (Å²) in [5.74, 6) is -0.193. The third-order valence-electron chi connectivity index (χ3n) is 3.48. The summed E-state index contributed by atoms with van der Waals surface area (Å²) >= 11 is 12.7. The Morgan fingerprint density at radius 2 is 2.04 bits per heavy atom. The first-order valence-electron chi connectivity index (χ1n) is 6.97. The van der Waals surface area contributed by atoms with E-state index in [2.05, 4.69) is 34.7 Å². The fraction of sp³-hybridized carbons (Fsp3) is 0.188. The highest BCUT2D eigenvalue weighted by Gasteiger charge is 2.23. The number of benzene rings is 1. The Bertz CT molecular complexity index is 825. The Labute approximate surface area is 148 Å². The fourth-order valence-electron chi connectivity index (χ4n) is 2.25. The van der Waals surface area contributed by atoms with Gasteiger partial charge in [-0.1, -0.05) is 65.4 Å². The van der Waals surface area contributed by atoms with Crippen molar-refractivity contribution in [2.45, 2.75) is 20.4 Å². The molecule has 0 bridgehead atoms. The number of nitrogens with zero attached hydrogens (tertiary/aromatic N) is 2. The molecule has 0 spiro atoms. The van der Waals surface area contributed by atoms with E-state index in [0.717, 1.165) is 16.8 Å². The van der Waals surface area contributed by atoms with Crippen LogP contribution in [0.4, 0.5) is 0 Å². The minimum Gasteiger partial charge on any atom is -0.307 e. The number of carbonyl (C=O) groups excluding carboxylic acids is 1. The molecule has 0 atom stereocenters. The van der Waals surface area contributed by atoms with Gasteiger partial charge in [-0.3, -0.25) is 4.79 Å². The van der Waals surface area contributed by atoms with E-state index in [9.17, 15) is 4.79 Å². The van der Waals surface area contributed by atoms with Crippen molar-refractivity contribution in [3.63, 3.8) is 0 Å². The zero-order valence-corrected chi connectivity index (χ0v) is 15.0. The van der Waals surface area contributed by atoms with Crippen LogP contribution in [0.15, 0.2) is 29.2 Å². The van der Waals surface area contributed by atoms with E-state index in [1.54, 1.807) is 10.8 Å². The standard InChI is InChI=1S/C16H14ClN3OS2/c1-9-3-5-11(6-4-9)8-20-14(17)12(10(2)19-20)7-13-15(21)18-16(22)23-13/h3-7H,8H2,1-2H3,(H,18,21,22)/b13-7-. The quantitative estimate of drug-likeness (QED) is 0.667. The molecule has 7 heteroatoms. The van der Waals surface area contributed by atoms with Gasteiger partial charge < -0.3 is 5.32 Å². The highest BCUT2D eigenvalue weighted by molar-refractivity contribution is 8.26. The molecule has 1 amide bonds. The second-order valence-corrected chi connectivity index (χ2v) is 7.36. The van der Waals surface area contributed by atoms with Crippen molar-refractivity contribution < 1.29 is 4.79 Å². The SMILES string of the molecule is Cc1ccc(Cn2nc(C)c(/C=C3\SC(=S)NC3=O)c2Cl)cc1. The lowest BCUT2D eigenvalue weighted by molar-refractivity contribution is -0.115. The zero-order valence-electron chi connectivity index (χ0n) is 12.6. The van der Waals surface area contributed by atoms with E-state index in [1.165, 1.54) is 17.3 Å². The van der Waals surface area contributed by atoms with E-state index in [4.69, 9.17) is 23.8 Å². The van der Waals surface area contributed by atoms with Crippen molar-refractivity contribution in [2.24, 2.45) is 0 Å². The van der Waals surface area contributed by atoms with Crippen LogP contribution in [-0.4, -0.2) is 20.0 Å². The molecule has 1 saturated heterocycles. The molecule has 0 unspecified atom stereocenters. The number of halogens is 1. The molecule has 1 N–H and O–H groups in total. The highest BCUT2D eigenvalue weighted by Crippen LogP contribution is 2.30. The molecule has 1 aromatic heterocycles. The third kappa shape index (κ3) is 3.49. The van der Waals surface area contributed by atoms with Crippen LogP contribution < -0.4 is 5.32 Å². The second kappa shape index (κ2) is 6.47. The van der Waals surface area contributed by atoms with E-state index in [0.29, 0.717) is 20.9 Å². The summed E-state index contributed by atoms with van der Waals surface area (Å²) in [4.78, 5) is 12.3. The number of thiocarbonyl (C=S) groups is 1. The van der Waals surface area contributed by atoms with Crippen molar-refractivity contribution in [3.05, 3.63) is 56.7 Å². The number of nitrogens with one attached hydrogen (secondary N) is 1. The molecule has 23 heavy (non-hydrogen) atoms. The highest BCUT2D eigenvalue weighted by atomic mass is 35.5. The Kier molecular flexibility index (Phi) is 4.57. The van der Waals surface area contributed by atoms with Crippen molar-refractivity contribution in [1.29, 1.82) is 0 Å². The van der Waals surface area contributed by atoms with Gasteiger partial charge in [-0.05, 0) is 25.5 Å². The predicted octanol–water partition coefficient (Wildman–Crippen LogP) is 3.69. The number of hydrogen-bond acceptors (Lipinski definition) is 4. The molecule has 0 aliphatic carbocycles. The Morgan fingerprint density at radius 3 is 2.65 bits per heavy atom. The van der Waals surface area contributed by atoms with E-state index < -0.39 is 0 Å². The van der Waals surface area contributed by atoms with Gasteiger partial charge in [-0.2, -0.15) is 5.10 Å². The van der Waals surface area contributed by atoms with Crippen LogP contribution in [0.25, 0.3) is 6.08 Å². The van der Waals surface area contributed by atoms with Crippen LogP contribution in [0, 0.1) is 13.8 Å². The van der Waals surface area contributed by atoms with Gasteiger partial charge in [0.15, 0.2) is 0 Å². The van der Waals surface area contributed by atoms with Crippen LogP contribution in [0.1, 0.15) is 22.4 Å². The summed E-state index contributed by atoms with van der Waals surface area (Å²) in [5.41, 5.74) is 3.86. The number of thioether (sulfide) groups is 1. The lowest BCUT2D eigenvalue weighted by Crippen LogP contribution is -2.17. The van der Waals surface area contributed by atoms with E-state index >= 15 is 0 Å². The molecule has 0 radical (unpaired) electrons. The lowest BCUT2D eigenvalue weighted by atomic mass is 10.1. The van der Waals surface area contributed by atoms with Gasteiger partial charge in [0.25, 0.3) is 5.91 Å². The van der Waals surface area contributed by atoms with Crippen LogP contribution in [0.5, 0.6) is 0 Å². The third-order valence-corrected chi connectivity index (χ3v) is 5.04. The first kappa shape index (κ1) is 16.2. The first-order chi connectivity index (χ1) is 10.9. The Morgan fingerprint density at radius 1 is 1.35 bits per heavy atom. The molecular formula is C16H14ClN3OS2. The van der Waals surface area contributed by atoms with Crippen LogP contribution in [-0.2, 0) is 11.3 Å². The van der Waals surface area contributed by atoms with Crippen LogP contribution in [0.2, 0.25) is 5.15 Å². The molecule has 4 nitrogen and oxygen atoms in total. The average Bonchev–Trinajstić information content (AvgIpc) is 2.95. The molecule has 1 aliphatic rings. The summed E-state index contributed by atoms with van der Waals surface area (Å²) in [5, 5.41) is 7.59. The monoisotopic (exact) mass is 363 g/mol. The molecule has 3 rings (SSSR count). The number of amides is 1. The molecule has 2 aromatic rings. The minimum absolute atomic E-state index is 0.193. The minimum atomic E-state index is -0.193. The molecule has 2 heterocycles. The number of carbonyl (C=O) groups is 1. The fourth-order valence-corrected chi connectivity index (χ4v) is 3.57. The van der Waals surface area contributed by atoms with Crippen molar-refractivity contribution in [3.8, 4) is 0 Å². The van der Waals surface area contributed by atoms with Crippen molar-refractivity contribution in [2.75, 3.05) is 0 Å². The number of aryl methyl sites for hydroxylation is 2. The molecule has 1 aliphatic heterocycles. The van der Waals surface area contributed by atoms with Gasteiger partial charge in [0.1, 0.15) is 9.47 Å². The molecule has 1 fully saturated rings. The second-order valence-electron chi connectivity index (χ2n) is 5.29. The van der Waals surface area contributed by atoms with Gasteiger partial charge in [0.05, 0.1) is 17.1 Å². The average molecular weight is 364 g/mol. The maximum absolute atomic E-state index is 11.8. The predicted molar refractivity (Wildman–Crippen MR) is 98.6 cm³/mol. The van der Waals surface area contributed by atoms with E-state index in [1.807, 2.05) is 13.8 Å². The van der Waals surface area contributed by atoms with Gasteiger partial charge in [0, 0.05) is 5.56 Å². The molecule has 0 saturated carbocycles. The molecular weight excluding hydrogens is 350 g/mol.